The first-order valence-corrected chi connectivity index (χ1v) is 4.71. The number of hydrogen-bond donors (Lipinski definition) is 0. The molecule has 0 amide bonds. The summed E-state index contributed by atoms with van der Waals surface area (Å²) in [4.78, 5) is 14.5. The fourth-order valence-electron chi connectivity index (χ4n) is 1.04. The van der Waals surface area contributed by atoms with Crippen molar-refractivity contribution in [1.82, 2.24) is 4.98 Å². The van der Waals surface area contributed by atoms with Crippen molar-refractivity contribution in [3.8, 4) is 5.88 Å². The van der Waals surface area contributed by atoms with Gasteiger partial charge in [0.25, 0.3) is 5.88 Å². The van der Waals surface area contributed by atoms with Gasteiger partial charge in [-0.3, -0.25) is 4.79 Å². The van der Waals surface area contributed by atoms with Gasteiger partial charge in [0.2, 0.25) is 0 Å². The molecular formula is C10H9F4NO2. The van der Waals surface area contributed by atoms with Crippen LogP contribution in [0.2, 0.25) is 0 Å². The Morgan fingerprint density at radius 2 is 2.12 bits per heavy atom. The molecule has 0 radical (unpaired) electrons. The number of carbonyl (C=O) groups is 1. The molecule has 0 N–H and O–H groups in total. The minimum absolute atomic E-state index is 0.00404. The van der Waals surface area contributed by atoms with E-state index < -0.39 is 24.5 Å². The Labute approximate surface area is 94.4 Å². The molecule has 17 heavy (non-hydrogen) atoms. The van der Waals surface area contributed by atoms with Crippen molar-refractivity contribution < 1.29 is 27.1 Å². The Bertz CT molecular complexity index is 417. The number of carbonyl (C=O) groups excluding carboxylic acids is 1. The molecule has 0 aliphatic carbocycles. The third-order valence-electron chi connectivity index (χ3n) is 1.82. The molecule has 0 aliphatic heterocycles. The monoisotopic (exact) mass is 251 g/mol. The number of ketones is 1. The number of ether oxygens (including phenoxy) is 1. The van der Waals surface area contributed by atoms with E-state index in [9.17, 15) is 22.4 Å². The molecule has 94 valence electrons. The molecule has 0 aromatic carbocycles. The lowest BCUT2D eigenvalue weighted by atomic mass is 10.1. The van der Waals surface area contributed by atoms with E-state index in [0.29, 0.717) is 0 Å². The molecule has 1 rings (SSSR count). The fraction of sp³-hybridized carbons (Fsp3) is 0.400. The predicted molar refractivity (Wildman–Crippen MR) is 50.4 cm³/mol. The third kappa shape index (κ3) is 4.01. The van der Waals surface area contributed by atoms with Crippen LogP contribution in [0.1, 0.15) is 23.7 Å². The highest BCUT2D eigenvalue weighted by Gasteiger charge is 2.29. The van der Waals surface area contributed by atoms with Crippen LogP contribution in [0.5, 0.6) is 5.88 Å². The third-order valence-corrected chi connectivity index (χ3v) is 1.82. The van der Waals surface area contributed by atoms with Gasteiger partial charge in [-0.05, 0) is 6.07 Å². The molecular weight excluding hydrogens is 242 g/mol. The number of halogens is 4. The van der Waals surface area contributed by atoms with Gasteiger partial charge in [-0.15, -0.1) is 0 Å². The van der Waals surface area contributed by atoms with Gasteiger partial charge >= 0.3 is 6.18 Å². The topological polar surface area (TPSA) is 39.2 Å². The van der Waals surface area contributed by atoms with Gasteiger partial charge in [0.1, 0.15) is 0 Å². The molecule has 0 saturated heterocycles. The molecule has 0 bridgehead atoms. The van der Waals surface area contributed by atoms with Gasteiger partial charge in [-0.2, -0.15) is 13.2 Å². The second-order valence-corrected chi connectivity index (χ2v) is 3.19. The number of aromatic nitrogens is 1. The number of hydrogen-bond acceptors (Lipinski definition) is 3. The molecule has 0 atom stereocenters. The summed E-state index contributed by atoms with van der Waals surface area (Å²) in [5, 5.41) is 0. The van der Waals surface area contributed by atoms with Crippen molar-refractivity contribution in [2.75, 3.05) is 6.61 Å². The van der Waals surface area contributed by atoms with Gasteiger partial charge in [-0.25, -0.2) is 9.37 Å². The molecule has 0 saturated carbocycles. The molecule has 3 nitrogen and oxygen atoms in total. The van der Waals surface area contributed by atoms with Crippen LogP contribution >= 0.6 is 0 Å². The van der Waals surface area contributed by atoms with Crippen molar-refractivity contribution >= 4 is 5.78 Å². The molecule has 1 heterocycles. The SMILES string of the molecule is CCC(=O)c1cnc(OCC(F)(F)F)c(F)c1. The maximum atomic E-state index is 13.2. The van der Waals surface area contributed by atoms with Crippen LogP contribution in [0.25, 0.3) is 0 Å². The van der Waals surface area contributed by atoms with Gasteiger partial charge in [0.05, 0.1) is 0 Å². The summed E-state index contributed by atoms with van der Waals surface area (Å²) in [7, 11) is 0. The van der Waals surface area contributed by atoms with Crippen LogP contribution in [-0.2, 0) is 0 Å². The maximum Gasteiger partial charge on any atom is 0.422 e. The van der Waals surface area contributed by atoms with E-state index >= 15 is 0 Å². The zero-order valence-electron chi connectivity index (χ0n) is 8.84. The number of alkyl halides is 3. The van der Waals surface area contributed by atoms with E-state index in [2.05, 4.69) is 9.72 Å². The number of nitrogens with zero attached hydrogens (tertiary/aromatic N) is 1. The highest BCUT2D eigenvalue weighted by Crippen LogP contribution is 2.20. The largest absolute Gasteiger partial charge is 0.466 e. The zero-order valence-corrected chi connectivity index (χ0v) is 8.84. The van der Waals surface area contributed by atoms with Crippen LogP contribution in [0.4, 0.5) is 17.6 Å². The van der Waals surface area contributed by atoms with E-state index in [4.69, 9.17) is 0 Å². The lowest BCUT2D eigenvalue weighted by Crippen LogP contribution is -2.20. The molecule has 0 spiro atoms. The van der Waals surface area contributed by atoms with Gasteiger partial charge in [0.15, 0.2) is 18.2 Å². The first-order valence-electron chi connectivity index (χ1n) is 4.71. The second-order valence-electron chi connectivity index (χ2n) is 3.19. The smallest absolute Gasteiger partial charge is 0.422 e. The Balaban J connectivity index is 2.80. The fourth-order valence-corrected chi connectivity index (χ4v) is 1.04. The van der Waals surface area contributed by atoms with Crippen LogP contribution in [0, 0.1) is 5.82 Å². The summed E-state index contributed by atoms with van der Waals surface area (Å²) in [6.45, 7) is -0.0493. The molecule has 7 heteroatoms. The summed E-state index contributed by atoms with van der Waals surface area (Å²) in [6, 6.07) is 0.810. The molecule has 1 aromatic heterocycles. The molecule has 0 fully saturated rings. The van der Waals surface area contributed by atoms with E-state index in [1.54, 1.807) is 6.92 Å². The van der Waals surface area contributed by atoms with E-state index in [-0.39, 0.29) is 17.8 Å². The average Bonchev–Trinajstić information content (AvgIpc) is 2.25. The van der Waals surface area contributed by atoms with E-state index in [1.165, 1.54) is 0 Å². The average molecular weight is 251 g/mol. The van der Waals surface area contributed by atoms with Crippen LogP contribution in [0.15, 0.2) is 12.3 Å². The predicted octanol–water partition coefficient (Wildman–Crippen LogP) is 2.75. The van der Waals surface area contributed by atoms with Crippen molar-refractivity contribution in [3.05, 3.63) is 23.6 Å². The summed E-state index contributed by atoms with van der Waals surface area (Å²) in [5.41, 5.74) is 0.00404. The zero-order chi connectivity index (χ0) is 13.1. The van der Waals surface area contributed by atoms with Crippen molar-refractivity contribution in [2.24, 2.45) is 0 Å². The summed E-state index contributed by atoms with van der Waals surface area (Å²) >= 11 is 0. The number of rotatable bonds is 4. The van der Waals surface area contributed by atoms with Gasteiger partial charge in [-0.1, -0.05) is 6.92 Å². The van der Waals surface area contributed by atoms with Crippen molar-refractivity contribution in [3.63, 3.8) is 0 Å². The second kappa shape index (κ2) is 5.11. The molecule has 1 aromatic rings. The lowest BCUT2D eigenvalue weighted by molar-refractivity contribution is -0.154. The summed E-state index contributed by atoms with van der Waals surface area (Å²) < 4.78 is 52.8. The summed E-state index contributed by atoms with van der Waals surface area (Å²) in [5.74, 6) is -2.21. The van der Waals surface area contributed by atoms with E-state index in [1.807, 2.05) is 0 Å². The van der Waals surface area contributed by atoms with Crippen molar-refractivity contribution in [2.45, 2.75) is 19.5 Å². The van der Waals surface area contributed by atoms with Crippen molar-refractivity contribution in [1.29, 1.82) is 0 Å². The standard InChI is InChI=1S/C10H9F4NO2/c1-2-8(16)6-3-7(11)9(15-4-6)17-5-10(12,13)14/h3-4H,2,5H2,1H3. The Kier molecular flexibility index (Phi) is 4.03. The molecule has 0 aliphatic rings. The first-order chi connectivity index (χ1) is 7.83. The minimum atomic E-state index is -4.56. The Morgan fingerprint density at radius 1 is 1.47 bits per heavy atom. The highest BCUT2D eigenvalue weighted by atomic mass is 19.4. The van der Waals surface area contributed by atoms with Gasteiger partial charge < -0.3 is 4.74 Å². The first kappa shape index (κ1) is 13.4. The van der Waals surface area contributed by atoms with E-state index in [0.717, 1.165) is 12.3 Å². The summed E-state index contributed by atoms with van der Waals surface area (Å²) in [6.07, 6.45) is -3.42. The maximum absolute atomic E-state index is 13.2. The molecule has 0 unspecified atom stereocenters. The Hall–Kier alpha value is -1.66. The highest BCUT2D eigenvalue weighted by molar-refractivity contribution is 5.95. The van der Waals surface area contributed by atoms with Gasteiger partial charge in [0, 0.05) is 18.2 Å². The Morgan fingerprint density at radius 3 is 2.59 bits per heavy atom. The van der Waals surface area contributed by atoms with Crippen LogP contribution in [0.3, 0.4) is 0 Å². The quantitative estimate of drug-likeness (QED) is 0.610. The van der Waals surface area contributed by atoms with Crippen LogP contribution in [-0.4, -0.2) is 23.6 Å². The lowest BCUT2D eigenvalue weighted by Gasteiger charge is -2.09. The number of pyridine rings is 1. The minimum Gasteiger partial charge on any atom is -0.466 e. The number of Topliss-reactive ketones (excluding diaryl/α,β-unsaturated/α-hetero) is 1. The normalized spacial score (nSPS) is 11.4. The van der Waals surface area contributed by atoms with Crippen LogP contribution < -0.4 is 4.74 Å².